The normalized spacial score (nSPS) is 17.8. The van der Waals surface area contributed by atoms with Crippen molar-refractivity contribution in [3.8, 4) is 28.4 Å². The Hall–Kier alpha value is -2.45. The van der Waals surface area contributed by atoms with Gasteiger partial charge in [-0.25, -0.2) is 0 Å². The van der Waals surface area contributed by atoms with E-state index in [2.05, 4.69) is 18.2 Å². The first-order valence-corrected chi connectivity index (χ1v) is 15.4. The van der Waals surface area contributed by atoms with Crippen molar-refractivity contribution in [3.63, 3.8) is 0 Å². The zero-order valence-electron chi connectivity index (χ0n) is 21.9. The molecule has 3 aromatic rings. The van der Waals surface area contributed by atoms with Crippen molar-refractivity contribution >= 4 is 23.2 Å². The first-order valence-electron chi connectivity index (χ1n) is 13.5. The Morgan fingerprint density at radius 1 is 0.639 bits per heavy atom. The van der Waals surface area contributed by atoms with Crippen LogP contribution in [-0.2, 0) is 4.57 Å². The second kappa shape index (κ2) is 10.9. The highest BCUT2D eigenvalue weighted by Crippen LogP contribution is 2.66. The quantitative estimate of drug-likeness (QED) is 0.303. The zero-order valence-corrected chi connectivity index (χ0v) is 22.8. The van der Waals surface area contributed by atoms with Crippen molar-refractivity contribution in [3.05, 3.63) is 48.5 Å². The lowest BCUT2D eigenvalue weighted by molar-refractivity contribution is 0.409. The topological polar surface area (TPSA) is 44.8 Å². The van der Waals surface area contributed by atoms with Crippen LogP contribution in [-0.4, -0.2) is 32.6 Å². The van der Waals surface area contributed by atoms with Gasteiger partial charge in [-0.05, 0) is 31.7 Å². The molecule has 0 heterocycles. The van der Waals surface area contributed by atoms with Gasteiger partial charge in [0.15, 0.2) is 0 Å². The Morgan fingerprint density at radius 3 is 1.67 bits per heavy atom. The van der Waals surface area contributed by atoms with Gasteiger partial charge in [-0.15, -0.1) is 0 Å². The summed E-state index contributed by atoms with van der Waals surface area (Å²) in [5.74, 6) is 2.28. The van der Waals surface area contributed by atoms with Crippen molar-refractivity contribution in [2.24, 2.45) is 0 Å². The summed E-state index contributed by atoms with van der Waals surface area (Å²) < 4.78 is 34.3. The van der Waals surface area contributed by atoms with Crippen molar-refractivity contribution < 1.29 is 18.8 Å². The molecule has 0 N–H and O–H groups in total. The van der Waals surface area contributed by atoms with Gasteiger partial charge in [-0.3, -0.25) is 0 Å². The summed E-state index contributed by atoms with van der Waals surface area (Å²) in [6, 6.07) is 16.3. The van der Waals surface area contributed by atoms with E-state index in [-0.39, 0.29) is 11.3 Å². The van der Waals surface area contributed by atoms with E-state index in [1.807, 2.05) is 30.3 Å². The maximum absolute atomic E-state index is 16.0. The summed E-state index contributed by atoms with van der Waals surface area (Å²) in [7, 11) is 2.24. The number of fused-ring (bicyclic) bond motifs is 1. The molecule has 0 spiro atoms. The fourth-order valence-electron chi connectivity index (χ4n) is 6.81. The van der Waals surface area contributed by atoms with Gasteiger partial charge in [0.25, 0.3) is 0 Å². The highest BCUT2D eigenvalue weighted by Gasteiger charge is 2.47. The summed E-state index contributed by atoms with van der Waals surface area (Å²) in [5, 5.41) is 2.83. The number of hydrogen-bond donors (Lipinski definition) is 0. The molecule has 2 saturated carbocycles. The Kier molecular flexibility index (Phi) is 7.62. The Morgan fingerprint density at radius 2 is 1.14 bits per heavy atom. The van der Waals surface area contributed by atoms with Crippen molar-refractivity contribution in [1.29, 1.82) is 0 Å². The number of hydrogen-bond acceptors (Lipinski definition) is 4. The zero-order chi connectivity index (χ0) is 25.1. The van der Waals surface area contributed by atoms with Crippen LogP contribution in [0.4, 0.5) is 0 Å². The van der Waals surface area contributed by atoms with E-state index in [4.69, 9.17) is 14.2 Å². The molecule has 0 unspecified atom stereocenters. The maximum Gasteiger partial charge on any atom is 0.138 e. The molecule has 2 aliphatic rings. The molecule has 0 amide bonds. The highest BCUT2D eigenvalue weighted by molar-refractivity contribution is 7.73. The average Bonchev–Trinajstić information content (AvgIpc) is 2.96. The van der Waals surface area contributed by atoms with E-state index in [1.165, 1.54) is 12.8 Å². The van der Waals surface area contributed by atoms with Gasteiger partial charge in [0.2, 0.25) is 0 Å². The molecule has 3 aromatic carbocycles. The molecule has 5 heteroatoms. The maximum atomic E-state index is 16.0. The van der Waals surface area contributed by atoms with Crippen LogP contribution >= 0.6 is 7.14 Å². The monoisotopic (exact) mass is 506 g/mol. The molecule has 0 saturated heterocycles. The van der Waals surface area contributed by atoms with Crippen LogP contribution in [0.3, 0.4) is 0 Å². The van der Waals surface area contributed by atoms with Crippen LogP contribution in [0.5, 0.6) is 17.2 Å². The van der Waals surface area contributed by atoms with Gasteiger partial charge >= 0.3 is 0 Å². The van der Waals surface area contributed by atoms with Gasteiger partial charge in [0.05, 0.1) is 26.6 Å². The molecule has 0 atom stereocenters. The summed E-state index contributed by atoms with van der Waals surface area (Å²) in [6.07, 6.45) is 11.2. The van der Waals surface area contributed by atoms with Gasteiger partial charge in [0, 0.05) is 33.2 Å². The van der Waals surface area contributed by atoms with E-state index >= 15 is 4.57 Å². The van der Waals surface area contributed by atoms with Crippen LogP contribution < -0.4 is 19.5 Å². The molecule has 0 bridgehead atoms. The number of benzene rings is 3. The minimum atomic E-state index is -2.92. The fraction of sp³-hybridized carbons (Fsp3) is 0.484. The van der Waals surface area contributed by atoms with Crippen molar-refractivity contribution in [2.45, 2.75) is 75.5 Å². The number of methoxy groups -OCH3 is 3. The summed E-state index contributed by atoms with van der Waals surface area (Å²) in [5.41, 5.74) is 2.18. The Labute approximate surface area is 215 Å². The number of para-hydroxylation sites is 1. The molecular weight excluding hydrogens is 467 g/mol. The SMILES string of the molecule is COc1ccccc1-c1c(P(=O)(C2CCCCC2)C2CCCCC2)c(OC)c2ccccc2c1OC. The average molecular weight is 507 g/mol. The second-order valence-corrected chi connectivity index (χ2v) is 13.7. The summed E-state index contributed by atoms with van der Waals surface area (Å²) in [4.78, 5) is 0. The lowest BCUT2D eigenvalue weighted by Gasteiger charge is -2.40. The third kappa shape index (κ3) is 4.22. The first-order chi connectivity index (χ1) is 17.6. The Balaban J connectivity index is 1.93. The molecule has 2 aliphatic carbocycles. The third-order valence-corrected chi connectivity index (χ3v) is 12.8. The van der Waals surface area contributed by atoms with E-state index in [9.17, 15) is 0 Å². The lowest BCUT2D eigenvalue weighted by atomic mass is 9.97. The first kappa shape index (κ1) is 25.2. The van der Waals surface area contributed by atoms with Gasteiger partial charge < -0.3 is 18.8 Å². The highest BCUT2D eigenvalue weighted by atomic mass is 31.2. The predicted molar refractivity (Wildman–Crippen MR) is 150 cm³/mol. The molecule has 2 fully saturated rings. The van der Waals surface area contributed by atoms with Crippen LogP contribution in [0.15, 0.2) is 48.5 Å². The minimum absolute atomic E-state index is 0.183. The van der Waals surface area contributed by atoms with Crippen LogP contribution in [0.25, 0.3) is 21.9 Å². The van der Waals surface area contributed by atoms with Gasteiger partial charge in [-0.2, -0.15) is 0 Å². The van der Waals surface area contributed by atoms with Crippen LogP contribution in [0, 0.1) is 0 Å². The van der Waals surface area contributed by atoms with E-state index in [0.29, 0.717) is 0 Å². The van der Waals surface area contributed by atoms with Gasteiger partial charge in [0.1, 0.15) is 24.4 Å². The molecule has 0 aromatic heterocycles. The second-order valence-electron chi connectivity index (χ2n) is 10.3. The molecule has 0 radical (unpaired) electrons. The standard InChI is InChI=1S/C31H39O4P/c1-33-27-21-13-12-20-26(27)28-29(34-2)24-18-10-11-19-25(24)30(35-3)31(28)36(32,22-14-6-4-7-15-22)23-16-8-5-9-17-23/h10-13,18-23H,4-9,14-17H2,1-3H3. The van der Waals surface area contributed by atoms with E-state index in [0.717, 1.165) is 95.8 Å². The number of ether oxygens (including phenoxy) is 3. The number of rotatable bonds is 7. The van der Waals surface area contributed by atoms with Crippen molar-refractivity contribution in [2.75, 3.05) is 21.3 Å². The molecule has 36 heavy (non-hydrogen) atoms. The van der Waals surface area contributed by atoms with Crippen LogP contribution in [0.1, 0.15) is 64.2 Å². The third-order valence-electron chi connectivity index (χ3n) is 8.46. The molecular formula is C31H39O4P. The molecule has 4 nitrogen and oxygen atoms in total. The molecule has 5 rings (SSSR count). The van der Waals surface area contributed by atoms with Gasteiger partial charge in [-0.1, -0.05) is 81.0 Å². The van der Waals surface area contributed by atoms with E-state index in [1.54, 1.807) is 21.3 Å². The minimum Gasteiger partial charge on any atom is -0.496 e. The molecule has 0 aliphatic heterocycles. The molecule has 192 valence electrons. The summed E-state index contributed by atoms with van der Waals surface area (Å²) >= 11 is 0. The fourth-order valence-corrected chi connectivity index (χ4v) is 11.5. The lowest BCUT2D eigenvalue weighted by Crippen LogP contribution is -2.31. The predicted octanol–water partition coefficient (Wildman–Crippen LogP) is 8.19. The summed E-state index contributed by atoms with van der Waals surface area (Å²) in [6.45, 7) is 0. The van der Waals surface area contributed by atoms with Crippen LogP contribution in [0.2, 0.25) is 0 Å². The largest absolute Gasteiger partial charge is 0.496 e. The van der Waals surface area contributed by atoms with Crippen molar-refractivity contribution in [1.82, 2.24) is 0 Å². The van der Waals surface area contributed by atoms with E-state index < -0.39 is 7.14 Å². The smallest absolute Gasteiger partial charge is 0.138 e. The Bertz CT molecular complexity index is 1230.